The Kier molecular flexibility index (Phi) is 13.4. The Hall–Kier alpha value is -4.00. The van der Waals surface area contributed by atoms with Gasteiger partial charge < -0.3 is 25.0 Å². The van der Waals surface area contributed by atoms with Crippen molar-refractivity contribution in [2.75, 3.05) is 40.4 Å². The van der Waals surface area contributed by atoms with Gasteiger partial charge >= 0.3 is 0 Å². The van der Waals surface area contributed by atoms with Crippen LogP contribution in [0, 0.1) is 0 Å². The number of benzene rings is 1. The van der Waals surface area contributed by atoms with Gasteiger partial charge in [0.2, 0.25) is 0 Å². The van der Waals surface area contributed by atoms with Gasteiger partial charge in [-0.05, 0) is 56.2 Å². The van der Waals surface area contributed by atoms with E-state index >= 15 is 0 Å². The van der Waals surface area contributed by atoms with Crippen molar-refractivity contribution < 1.29 is 14.3 Å². The van der Waals surface area contributed by atoms with Crippen LogP contribution in [0.5, 0.6) is 11.5 Å². The van der Waals surface area contributed by atoms with Gasteiger partial charge in [-0.3, -0.25) is 9.79 Å². The maximum Gasteiger partial charge on any atom is 0.269 e. The summed E-state index contributed by atoms with van der Waals surface area (Å²) in [6.45, 7) is 12.8. The third kappa shape index (κ3) is 9.36. The fraction of sp³-hybridized carbons (Fsp3) is 0.375. The fourth-order valence-electron chi connectivity index (χ4n) is 4.24. The van der Waals surface area contributed by atoms with Gasteiger partial charge in [0.15, 0.2) is 11.5 Å². The van der Waals surface area contributed by atoms with E-state index in [4.69, 9.17) is 20.2 Å². The smallest absolute Gasteiger partial charge is 0.269 e. The molecule has 1 aromatic rings. The lowest BCUT2D eigenvalue weighted by atomic mass is 10.1. The summed E-state index contributed by atoms with van der Waals surface area (Å²) in [6.07, 6.45) is 18.1. The molecule has 1 amide bonds. The molecule has 210 valence electrons. The topological polar surface area (TPSA) is 80.4 Å². The standard InChI is InChI=1S/C32H44N4O3/c1-7-11-12-16-27(14-9-3)35-19-21-36(22-20-35)32(37)28(33)24-26(13-8-2)34-29(15-10-4)25-17-18-30(38-5)31(23-25)39-6/h7,10-12,14-18,23-24H,4,8-9,13,19-22,33H2,1-3,5-6H3/b11-7-,16-12-,27-14-,28-24-,29-15-,34-26-. The summed E-state index contributed by atoms with van der Waals surface area (Å²) < 4.78 is 10.8. The second kappa shape index (κ2) is 16.8. The molecule has 0 unspecified atom stereocenters. The summed E-state index contributed by atoms with van der Waals surface area (Å²) in [7, 11) is 3.20. The van der Waals surface area contributed by atoms with Crippen molar-refractivity contribution in [1.29, 1.82) is 0 Å². The van der Waals surface area contributed by atoms with Gasteiger partial charge in [0, 0.05) is 43.2 Å². The number of ether oxygens (including phenoxy) is 2. The van der Waals surface area contributed by atoms with Gasteiger partial charge in [-0.15, -0.1) is 0 Å². The zero-order valence-corrected chi connectivity index (χ0v) is 24.2. The van der Waals surface area contributed by atoms with Crippen molar-refractivity contribution in [2.24, 2.45) is 10.7 Å². The molecule has 1 aromatic carbocycles. The number of nitrogens with two attached hydrogens (primary N) is 1. The summed E-state index contributed by atoms with van der Waals surface area (Å²) in [4.78, 5) is 22.2. The Morgan fingerprint density at radius 2 is 1.77 bits per heavy atom. The minimum absolute atomic E-state index is 0.163. The van der Waals surface area contributed by atoms with E-state index < -0.39 is 0 Å². The minimum Gasteiger partial charge on any atom is -0.493 e. The van der Waals surface area contributed by atoms with E-state index in [0.29, 0.717) is 36.7 Å². The van der Waals surface area contributed by atoms with Crippen molar-refractivity contribution in [2.45, 2.75) is 40.0 Å². The first-order valence-electron chi connectivity index (χ1n) is 13.6. The Morgan fingerprint density at radius 1 is 1.08 bits per heavy atom. The van der Waals surface area contributed by atoms with Crippen LogP contribution in [-0.2, 0) is 4.79 Å². The Bertz CT molecular complexity index is 1150. The number of allylic oxidation sites excluding steroid dienone is 8. The molecule has 2 rings (SSSR count). The molecular weight excluding hydrogens is 488 g/mol. The van der Waals surface area contributed by atoms with E-state index in [1.807, 2.05) is 54.3 Å². The molecule has 1 saturated heterocycles. The molecule has 1 heterocycles. The molecule has 1 aliphatic rings. The van der Waals surface area contributed by atoms with Crippen molar-refractivity contribution >= 4 is 17.3 Å². The van der Waals surface area contributed by atoms with E-state index in [1.54, 1.807) is 26.4 Å². The second-order valence-electron chi connectivity index (χ2n) is 9.01. The van der Waals surface area contributed by atoms with E-state index in [2.05, 4.69) is 37.5 Å². The summed E-state index contributed by atoms with van der Waals surface area (Å²) >= 11 is 0. The lowest BCUT2D eigenvalue weighted by Crippen LogP contribution is -2.49. The molecule has 1 aliphatic heterocycles. The van der Waals surface area contributed by atoms with Gasteiger partial charge in [-0.1, -0.05) is 57.2 Å². The molecule has 0 bridgehead atoms. The number of aliphatic imine (C=N–C) groups is 1. The third-order valence-electron chi connectivity index (χ3n) is 6.21. The monoisotopic (exact) mass is 532 g/mol. The number of piperazine rings is 1. The average Bonchev–Trinajstić information content (AvgIpc) is 2.96. The van der Waals surface area contributed by atoms with Crippen LogP contribution >= 0.6 is 0 Å². The van der Waals surface area contributed by atoms with Crippen molar-refractivity contribution in [3.63, 3.8) is 0 Å². The number of nitrogens with zero attached hydrogens (tertiary/aromatic N) is 3. The average molecular weight is 533 g/mol. The zero-order chi connectivity index (χ0) is 28.6. The molecule has 7 heteroatoms. The lowest BCUT2D eigenvalue weighted by Gasteiger charge is -2.36. The highest BCUT2D eigenvalue weighted by atomic mass is 16.5. The van der Waals surface area contributed by atoms with E-state index in [1.165, 1.54) is 5.70 Å². The van der Waals surface area contributed by atoms with Gasteiger partial charge in [-0.2, -0.15) is 0 Å². The molecule has 0 saturated carbocycles. The number of rotatable bonds is 13. The largest absolute Gasteiger partial charge is 0.493 e. The highest BCUT2D eigenvalue weighted by Crippen LogP contribution is 2.31. The summed E-state index contributed by atoms with van der Waals surface area (Å²) in [5, 5.41) is 0. The summed E-state index contributed by atoms with van der Waals surface area (Å²) in [5.41, 5.74) is 9.98. The first-order chi connectivity index (χ1) is 18.9. The number of amides is 1. The number of hydrogen-bond acceptors (Lipinski definition) is 6. The van der Waals surface area contributed by atoms with Crippen molar-refractivity contribution in [1.82, 2.24) is 9.80 Å². The summed E-state index contributed by atoms with van der Waals surface area (Å²) in [6, 6.07) is 5.62. The van der Waals surface area contributed by atoms with Gasteiger partial charge in [0.05, 0.1) is 25.6 Å². The molecule has 0 atom stereocenters. The van der Waals surface area contributed by atoms with Crippen LogP contribution in [0.15, 0.2) is 89.8 Å². The quantitative estimate of drug-likeness (QED) is 0.195. The highest BCUT2D eigenvalue weighted by Gasteiger charge is 2.23. The van der Waals surface area contributed by atoms with Crippen molar-refractivity contribution in [3.05, 3.63) is 90.3 Å². The minimum atomic E-state index is -0.163. The van der Waals surface area contributed by atoms with E-state index in [0.717, 1.165) is 37.2 Å². The van der Waals surface area contributed by atoms with E-state index in [-0.39, 0.29) is 11.6 Å². The van der Waals surface area contributed by atoms with Crippen LogP contribution in [0.1, 0.15) is 45.6 Å². The van der Waals surface area contributed by atoms with Crippen LogP contribution in [0.25, 0.3) is 5.70 Å². The predicted octanol–water partition coefficient (Wildman–Crippen LogP) is 5.88. The zero-order valence-electron chi connectivity index (χ0n) is 24.2. The van der Waals surface area contributed by atoms with E-state index in [9.17, 15) is 4.79 Å². The fourth-order valence-corrected chi connectivity index (χ4v) is 4.24. The number of carbonyl (C=O) groups is 1. The second-order valence-corrected chi connectivity index (χ2v) is 9.01. The maximum absolute atomic E-state index is 13.2. The Balaban J connectivity index is 2.23. The highest BCUT2D eigenvalue weighted by molar-refractivity contribution is 6.05. The number of methoxy groups -OCH3 is 2. The van der Waals surface area contributed by atoms with Crippen LogP contribution < -0.4 is 15.2 Å². The molecule has 0 spiro atoms. The molecule has 0 aliphatic carbocycles. The lowest BCUT2D eigenvalue weighted by molar-refractivity contribution is -0.128. The molecule has 0 radical (unpaired) electrons. The van der Waals surface area contributed by atoms with Gasteiger partial charge in [-0.25, -0.2) is 0 Å². The Morgan fingerprint density at radius 3 is 2.36 bits per heavy atom. The molecule has 1 fully saturated rings. The van der Waals surface area contributed by atoms with Crippen molar-refractivity contribution in [3.8, 4) is 11.5 Å². The van der Waals surface area contributed by atoms with Crippen LogP contribution in [0.2, 0.25) is 0 Å². The van der Waals surface area contributed by atoms with Crippen LogP contribution in [-0.4, -0.2) is 61.8 Å². The van der Waals surface area contributed by atoms with Crippen LogP contribution in [0.3, 0.4) is 0 Å². The maximum atomic E-state index is 13.2. The van der Waals surface area contributed by atoms with Crippen LogP contribution in [0.4, 0.5) is 0 Å². The summed E-state index contributed by atoms with van der Waals surface area (Å²) in [5.74, 6) is 1.08. The molecular formula is C32H44N4O3. The van der Waals surface area contributed by atoms with Gasteiger partial charge in [0.1, 0.15) is 0 Å². The SMILES string of the molecule is C=C\C=C(/N=C(\C=C(/N)C(=O)N1CCN(C(/C=C\C=C/C)=C\CC)CC1)CCC)c1ccc(OC)c(OC)c1. The molecule has 39 heavy (non-hydrogen) atoms. The molecule has 7 nitrogen and oxygen atoms in total. The molecule has 0 aromatic heterocycles. The molecule has 2 N–H and O–H groups in total. The van der Waals surface area contributed by atoms with Gasteiger partial charge in [0.25, 0.3) is 5.91 Å². The first-order valence-corrected chi connectivity index (χ1v) is 13.6. The number of carbonyl (C=O) groups excluding carboxylic acids is 1. The Labute approximate surface area is 234 Å². The number of hydrogen-bond donors (Lipinski definition) is 1. The predicted molar refractivity (Wildman–Crippen MR) is 163 cm³/mol. The third-order valence-corrected chi connectivity index (χ3v) is 6.21. The first kappa shape index (κ1) is 31.2. The normalized spacial score (nSPS) is 15.8.